The number of aromatic amines is 1. The number of carboxylic acid groups (broad SMARTS) is 1. The zero-order valence-corrected chi connectivity index (χ0v) is 19.7. The Morgan fingerprint density at radius 2 is 1.77 bits per heavy atom. The van der Waals surface area contributed by atoms with Crippen molar-refractivity contribution in [1.29, 1.82) is 0 Å². The van der Waals surface area contributed by atoms with Gasteiger partial charge in [-0.05, 0) is 43.0 Å². The Balaban J connectivity index is 1.93. The van der Waals surface area contributed by atoms with Crippen molar-refractivity contribution in [3.63, 3.8) is 0 Å². The average Bonchev–Trinajstić information content (AvgIpc) is 3.28. The number of aryl methyl sites for hydroxylation is 1. The fourth-order valence-corrected chi connectivity index (χ4v) is 4.21. The number of hydrogen-bond acceptors (Lipinski definition) is 5. The number of rotatable bonds is 13. The number of carboxylic acids is 1. The maximum Gasteiger partial charge on any atom is 0.327 e. The molecule has 0 spiro atoms. The molecule has 0 aliphatic rings. The van der Waals surface area contributed by atoms with Gasteiger partial charge in [0.25, 0.3) is 0 Å². The molecule has 1 heterocycles. The Kier molecular flexibility index (Phi) is 9.38. The van der Waals surface area contributed by atoms with E-state index in [1.54, 1.807) is 6.20 Å². The van der Waals surface area contributed by atoms with Gasteiger partial charge < -0.3 is 21.6 Å². The second-order valence-corrected chi connectivity index (χ2v) is 8.55. The van der Waals surface area contributed by atoms with Gasteiger partial charge in [-0.25, -0.2) is 9.59 Å². The lowest BCUT2D eigenvalue weighted by atomic mass is 9.99. The molecule has 3 aromatic rings. The number of carbonyl (C=O) groups excluding carboxylic acids is 2. The Labute approximate surface area is 204 Å². The van der Waals surface area contributed by atoms with Crippen molar-refractivity contribution >= 4 is 28.7 Å². The smallest absolute Gasteiger partial charge is 0.327 e. The number of unbranched alkanes of at least 4 members (excludes halogenated alkanes) is 1. The normalized spacial score (nSPS) is 12.6. The molecule has 0 saturated carbocycles. The van der Waals surface area contributed by atoms with Gasteiger partial charge in [-0.2, -0.15) is 0 Å². The molecule has 8 heteroatoms. The van der Waals surface area contributed by atoms with Gasteiger partial charge in [-0.1, -0.05) is 55.0 Å². The van der Waals surface area contributed by atoms with Gasteiger partial charge in [-0.3, -0.25) is 9.69 Å². The van der Waals surface area contributed by atoms with Crippen molar-refractivity contribution in [3.05, 3.63) is 77.6 Å². The van der Waals surface area contributed by atoms with Crippen LogP contribution in [0.2, 0.25) is 0 Å². The monoisotopic (exact) mass is 476 g/mol. The van der Waals surface area contributed by atoms with Gasteiger partial charge in [0, 0.05) is 29.9 Å². The van der Waals surface area contributed by atoms with E-state index in [0.717, 1.165) is 26.9 Å². The fourth-order valence-electron chi connectivity index (χ4n) is 4.21. The molecule has 6 N–H and O–H groups in total. The van der Waals surface area contributed by atoms with Gasteiger partial charge in [0.15, 0.2) is 0 Å². The lowest BCUT2D eigenvalue weighted by molar-refractivity contribution is -0.149. The third-order valence-electron chi connectivity index (χ3n) is 6.11. The van der Waals surface area contributed by atoms with Gasteiger partial charge in [0.1, 0.15) is 17.7 Å². The minimum Gasteiger partial charge on any atom is -0.480 e. The Morgan fingerprint density at radius 3 is 2.46 bits per heavy atom. The van der Waals surface area contributed by atoms with E-state index < -0.39 is 24.0 Å². The summed E-state index contributed by atoms with van der Waals surface area (Å²) in [6.45, 7) is 0.472. The van der Waals surface area contributed by atoms with Crippen LogP contribution in [0.3, 0.4) is 0 Å². The predicted octanol–water partition coefficient (Wildman–Crippen LogP) is 2.80. The standard InChI is InChI=1S/C27H32N4O4/c28-15-7-6-11-23(29)26(33)31(21(18-32)14-13-19-8-2-1-3-9-19)25(27(34)35)16-20-17-30-24-12-5-4-10-22(20)24/h1-5,8-10,12,17,23,25,30H,6-7,11,13-16,28-29H2,(H,34,35)/t23-,25+/m1/s1. The average molecular weight is 477 g/mol. The molecule has 184 valence electrons. The highest BCUT2D eigenvalue weighted by Crippen LogP contribution is 2.24. The zero-order chi connectivity index (χ0) is 25.2. The number of nitrogens with two attached hydrogens (primary N) is 2. The lowest BCUT2D eigenvalue weighted by Crippen LogP contribution is -2.52. The van der Waals surface area contributed by atoms with Crippen LogP contribution in [0.5, 0.6) is 0 Å². The lowest BCUT2D eigenvalue weighted by Gasteiger charge is -2.31. The highest BCUT2D eigenvalue weighted by Gasteiger charge is 2.36. The molecule has 1 aromatic heterocycles. The van der Waals surface area contributed by atoms with E-state index in [9.17, 15) is 19.5 Å². The largest absolute Gasteiger partial charge is 0.480 e. The Bertz CT molecular complexity index is 1180. The summed E-state index contributed by atoms with van der Waals surface area (Å²) in [5.74, 6) is 0.0387. The number of aromatic nitrogens is 1. The molecule has 1 amide bonds. The minimum absolute atomic E-state index is 0.0110. The molecule has 3 rings (SSSR count). The summed E-state index contributed by atoms with van der Waals surface area (Å²) in [5.41, 5.74) is 14.3. The molecule has 0 aliphatic carbocycles. The maximum absolute atomic E-state index is 13.5. The summed E-state index contributed by atoms with van der Waals surface area (Å²) in [5, 5.41) is 11.0. The first-order chi connectivity index (χ1) is 17.0. The van der Waals surface area contributed by atoms with Crippen LogP contribution in [0.25, 0.3) is 10.9 Å². The van der Waals surface area contributed by atoms with Crippen LogP contribution in [0.4, 0.5) is 0 Å². The van der Waals surface area contributed by atoms with E-state index in [4.69, 9.17) is 11.5 Å². The van der Waals surface area contributed by atoms with Crippen LogP contribution in [-0.4, -0.2) is 51.4 Å². The molecule has 0 saturated heterocycles. The number of hydrogen-bond donors (Lipinski definition) is 4. The first-order valence-corrected chi connectivity index (χ1v) is 11.8. The first kappa shape index (κ1) is 25.9. The van der Waals surface area contributed by atoms with Crippen LogP contribution in [0.15, 0.2) is 66.5 Å². The zero-order valence-electron chi connectivity index (χ0n) is 19.7. The van der Waals surface area contributed by atoms with E-state index in [1.807, 2.05) is 60.5 Å². The number of nitrogens with zero attached hydrogens (tertiary/aromatic N) is 1. The summed E-state index contributed by atoms with van der Waals surface area (Å²) >= 11 is 0. The number of aliphatic carboxylic acids is 1. The number of H-pyrrole nitrogens is 1. The number of allylic oxidation sites excluding steroid dienone is 1. The minimum atomic E-state index is -1.31. The second kappa shape index (κ2) is 12.7. The van der Waals surface area contributed by atoms with Crippen LogP contribution in [-0.2, 0) is 27.2 Å². The molecule has 8 nitrogen and oxygen atoms in total. The van der Waals surface area contributed by atoms with E-state index in [0.29, 0.717) is 32.2 Å². The van der Waals surface area contributed by atoms with Gasteiger partial charge >= 0.3 is 5.97 Å². The second-order valence-electron chi connectivity index (χ2n) is 8.55. The summed E-state index contributed by atoms with van der Waals surface area (Å²) in [6, 6.07) is 14.7. The third kappa shape index (κ3) is 6.67. The molecule has 0 radical (unpaired) electrons. The van der Waals surface area contributed by atoms with Crippen LogP contribution in [0.1, 0.15) is 36.8 Å². The van der Waals surface area contributed by atoms with Crippen molar-refractivity contribution in [1.82, 2.24) is 9.88 Å². The van der Waals surface area contributed by atoms with E-state index in [1.165, 1.54) is 0 Å². The fraction of sp³-hybridized carbons (Fsp3) is 0.333. The van der Waals surface area contributed by atoms with Crippen LogP contribution < -0.4 is 11.5 Å². The molecular weight excluding hydrogens is 444 g/mol. The van der Waals surface area contributed by atoms with Crippen molar-refractivity contribution < 1.29 is 19.5 Å². The van der Waals surface area contributed by atoms with Crippen molar-refractivity contribution in [3.8, 4) is 0 Å². The van der Waals surface area contributed by atoms with Gasteiger partial charge in [0.05, 0.1) is 6.04 Å². The summed E-state index contributed by atoms with van der Waals surface area (Å²) in [7, 11) is 0. The Hall–Kier alpha value is -3.71. The number of fused-ring (bicyclic) bond motifs is 1. The SMILES string of the molecule is NCCCC[C@@H](N)C(=O)N(C(=C=O)CCc1ccccc1)[C@@H](Cc1c[nH]c2ccccc12)C(=O)O. The van der Waals surface area contributed by atoms with Crippen molar-refractivity contribution in [2.24, 2.45) is 11.5 Å². The number of benzene rings is 2. The Morgan fingerprint density at radius 1 is 1.06 bits per heavy atom. The van der Waals surface area contributed by atoms with Crippen LogP contribution in [0, 0.1) is 0 Å². The molecular formula is C27H32N4O4. The van der Waals surface area contributed by atoms with Crippen LogP contribution >= 0.6 is 0 Å². The molecule has 2 atom stereocenters. The molecule has 2 aromatic carbocycles. The third-order valence-corrected chi connectivity index (χ3v) is 6.11. The number of carbonyl (C=O) groups is 2. The van der Waals surface area contributed by atoms with E-state index >= 15 is 0 Å². The highest BCUT2D eigenvalue weighted by molar-refractivity contribution is 5.91. The highest BCUT2D eigenvalue weighted by atomic mass is 16.4. The summed E-state index contributed by atoms with van der Waals surface area (Å²) in [6.07, 6.45) is 4.03. The molecule has 35 heavy (non-hydrogen) atoms. The predicted molar refractivity (Wildman–Crippen MR) is 135 cm³/mol. The first-order valence-electron chi connectivity index (χ1n) is 11.8. The number of para-hydroxylation sites is 1. The number of nitrogens with one attached hydrogen (secondary N) is 1. The molecule has 0 bridgehead atoms. The van der Waals surface area contributed by atoms with E-state index in [2.05, 4.69) is 4.98 Å². The molecule has 0 fully saturated rings. The van der Waals surface area contributed by atoms with Crippen molar-refractivity contribution in [2.75, 3.05) is 6.54 Å². The molecule has 0 aliphatic heterocycles. The topological polar surface area (TPSA) is 143 Å². The van der Waals surface area contributed by atoms with Gasteiger partial charge in [0.2, 0.25) is 5.91 Å². The maximum atomic E-state index is 13.5. The van der Waals surface area contributed by atoms with E-state index in [-0.39, 0.29) is 18.5 Å². The van der Waals surface area contributed by atoms with Gasteiger partial charge in [-0.15, -0.1) is 0 Å². The quantitative estimate of drug-likeness (QED) is 0.221. The summed E-state index contributed by atoms with van der Waals surface area (Å²) in [4.78, 5) is 42.2. The summed E-state index contributed by atoms with van der Waals surface area (Å²) < 4.78 is 0. The number of amides is 1. The van der Waals surface area contributed by atoms with Crippen molar-refractivity contribution in [2.45, 2.75) is 50.6 Å². The molecule has 0 unspecified atom stereocenters.